The maximum absolute atomic E-state index is 13.8. The fourth-order valence-corrected chi connectivity index (χ4v) is 11.3. The highest BCUT2D eigenvalue weighted by molar-refractivity contribution is 5.93. The average Bonchev–Trinajstić information content (AvgIpc) is 2.94. The second-order valence-electron chi connectivity index (χ2n) is 21.2. The van der Waals surface area contributed by atoms with Crippen LogP contribution in [0.2, 0.25) is 0 Å². The van der Waals surface area contributed by atoms with Gasteiger partial charge in [0.2, 0.25) is 0 Å². The zero-order valence-corrected chi connectivity index (χ0v) is 46.4. The number of pyridine rings is 6. The summed E-state index contributed by atoms with van der Waals surface area (Å²) in [5, 5.41) is 12.1. The first kappa shape index (κ1) is 55.2. The minimum Gasteiger partial charge on any atom is -0.494 e. The van der Waals surface area contributed by atoms with E-state index in [2.05, 4.69) is 72.2 Å². The Morgan fingerprint density at radius 1 is 0.634 bits per heavy atom. The number of benzene rings is 3. The van der Waals surface area contributed by atoms with Gasteiger partial charge in [-0.2, -0.15) is 0 Å². The first-order valence-corrected chi connectivity index (χ1v) is 28.3. The number of hydrogen-bond donors (Lipinski definition) is 1. The number of carbonyl (C=O) groups is 2. The number of nitrogens with zero attached hydrogens (tertiary/aromatic N) is 8. The van der Waals surface area contributed by atoms with Gasteiger partial charge in [0.25, 0.3) is 5.56 Å². The molecule has 1 N–H and O–H groups in total. The summed E-state index contributed by atoms with van der Waals surface area (Å²) in [5.74, 6) is 0.0173. The van der Waals surface area contributed by atoms with Crippen LogP contribution in [0.3, 0.4) is 0 Å². The van der Waals surface area contributed by atoms with Gasteiger partial charge in [-0.1, -0.05) is 69.2 Å². The van der Waals surface area contributed by atoms with Crippen LogP contribution in [0.5, 0.6) is 11.5 Å². The molecule has 0 saturated carbocycles. The molecule has 0 saturated heterocycles. The molecule has 2 aliphatic heterocycles. The van der Waals surface area contributed by atoms with Crippen molar-refractivity contribution in [2.45, 2.75) is 117 Å². The van der Waals surface area contributed by atoms with Crippen molar-refractivity contribution in [2.75, 3.05) is 6.61 Å². The highest BCUT2D eigenvalue weighted by Gasteiger charge is 2.45. The first-order valence-electron chi connectivity index (χ1n) is 28.3. The fraction of sp³-hybridized carbons (Fsp3) is 0.284. The normalized spacial score (nSPS) is 14.4. The molecule has 0 unspecified atom stereocenters. The Morgan fingerprint density at radius 3 is 1.77 bits per heavy atom. The molecule has 416 valence electrons. The lowest BCUT2D eigenvalue weighted by Gasteiger charge is -2.31. The van der Waals surface area contributed by atoms with Gasteiger partial charge >= 0.3 is 11.9 Å². The first-order chi connectivity index (χ1) is 40.1. The number of unbranched alkanes of at least 4 members (excludes halogenated alkanes) is 3. The quantitative estimate of drug-likeness (QED) is 0.0344. The molecule has 8 heterocycles. The number of aryl methyl sites for hydroxylation is 2. The number of cyclic esters (lactones) is 1. The molecule has 11 rings (SSSR count). The third-order valence-corrected chi connectivity index (χ3v) is 15.4. The van der Waals surface area contributed by atoms with Crippen molar-refractivity contribution in [2.24, 2.45) is 0 Å². The smallest absolute Gasteiger partial charge is 0.343 e. The van der Waals surface area contributed by atoms with Crippen LogP contribution in [-0.2, 0) is 80.4 Å². The number of aromatic nitrogens is 6. The molecule has 3 aromatic carbocycles. The van der Waals surface area contributed by atoms with E-state index in [1.807, 2.05) is 117 Å². The van der Waals surface area contributed by atoms with E-state index in [1.165, 1.54) is 0 Å². The van der Waals surface area contributed by atoms with E-state index in [1.54, 1.807) is 23.6 Å². The van der Waals surface area contributed by atoms with Gasteiger partial charge in [0.15, 0.2) is 5.60 Å². The van der Waals surface area contributed by atoms with E-state index in [4.69, 9.17) is 19.2 Å². The van der Waals surface area contributed by atoms with Crippen molar-refractivity contribution in [3.05, 3.63) is 242 Å². The molecular weight excluding hydrogens is 1030 g/mol. The van der Waals surface area contributed by atoms with E-state index in [-0.39, 0.29) is 36.3 Å². The molecule has 82 heavy (non-hydrogen) atoms. The van der Waals surface area contributed by atoms with E-state index < -0.39 is 17.5 Å². The predicted octanol–water partition coefficient (Wildman–Crippen LogP) is 11.0. The number of aliphatic hydroxyl groups is 1. The molecule has 9 aromatic rings. The van der Waals surface area contributed by atoms with Crippen LogP contribution < -0.4 is 15.0 Å². The Kier molecular flexibility index (Phi) is 17.1. The molecule has 2 aliphatic rings. The molecule has 1 atom stereocenters. The van der Waals surface area contributed by atoms with Gasteiger partial charge < -0.3 is 23.9 Å². The molecule has 0 aliphatic carbocycles. The van der Waals surface area contributed by atoms with E-state index in [9.17, 15) is 19.5 Å². The van der Waals surface area contributed by atoms with E-state index in [0.29, 0.717) is 80.5 Å². The predicted molar refractivity (Wildman–Crippen MR) is 312 cm³/mol. The molecular formula is C67H66N8O7. The number of hydrogen-bond acceptors (Lipinski definition) is 14. The van der Waals surface area contributed by atoms with Crippen LogP contribution in [0, 0.1) is 0 Å². The Balaban J connectivity index is 0.709. The Labute approximate surface area is 477 Å². The summed E-state index contributed by atoms with van der Waals surface area (Å²) in [7, 11) is 0. The summed E-state index contributed by atoms with van der Waals surface area (Å²) in [4.78, 5) is 68.4. The molecule has 6 aromatic heterocycles. The monoisotopic (exact) mass is 1090 g/mol. The second-order valence-corrected chi connectivity index (χ2v) is 21.2. The summed E-state index contributed by atoms with van der Waals surface area (Å²) >= 11 is 0. The van der Waals surface area contributed by atoms with Gasteiger partial charge in [0, 0.05) is 80.6 Å². The standard InChI is InChI=1S/C67H66N8O7/c1-3-56-57-36-54(26-27-61(57)72-63-58(56)44-75-62(63)37-60-59(64(75)76)45-81-66(78)67(60,79)4-2)82-65(77)49-24-22-46(23-25-49)17-7-5-6-16-32-80-55-34-47(38-73(40-50-18-8-12-28-68-50)41-51-19-9-13-29-69-51)33-48(35-55)39-74(42-52-20-10-14-30-70-52)43-53-21-11-15-31-71-53/h8-15,18-31,33-37,79H,3-7,16-17,32,38-45H2,1-2H3/t67-/m1/s1. The minimum atomic E-state index is -1.91. The fourth-order valence-electron chi connectivity index (χ4n) is 11.3. The van der Waals surface area contributed by atoms with Crippen molar-refractivity contribution in [3.63, 3.8) is 0 Å². The van der Waals surface area contributed by atoms with Gasteiger partial charge in [-0.05, 0) is 151 Å². The van der Waals surface area contributed by atoms with Crippen LogP contribution in [0.25, 0.3) is 22.3 Å². The van der Waals surface area contributed by atoms with E-state index in [0.717, 1.165) is 93.8 Å². The molecule has 0 amide bonds. The molecule has 15 nitrogen and oxygen atoms in total. The Hall–Kier alpha value is -8.76. The maximum Gasteiger partial charge on any atom is 0.343 e. The molecule has 0 bridgehead atoms. The lowest BCUT2D eigenvalue weighted by Crippen LogP contribution is -2.44. The highest BCUT2D eigenvalue weighted by atomic mass is 16.6. The van der Waals surface area contributed by atoms with Crippen molar-refractivity contribution in [3.8, 4) is 22.9 Å². The van der Waals surface area contributed by atoms with Crippen LogP contribution in [0.4, 0.5) is 0 Å². The van der Waals surface area contributed by atoms with Crippen molar-refractivity contribution >= 4 is 22.8 Å². The minimum absolute atomic E-state index is 0.0675. The van der Waals surface area contributed by atoms with Gasteiger partial charge in [-0.15, -0.1) is 0 Å². The van der Waals surface area contributed by atoms with Crippen molar-refractivity contribution in [1.29, 1.82) is 0 Å². The van der Waals surface area contributed by atoms with Crippen LogP contribution in [0.15, 0.2) is 169 Å². The number of rotatable bonds is 24. The average molecular weight is 1100 g/mol. The SMILES string of the molecule is CCc1c2c(nc3ccc(OC(=O)c4ccc(CCCCCCOc5cc(CN(Cc6ccccn6)Cc6ccccn6)cc(CN(Cc6ccccn6)Cc6ccccn6)c5)cc4)cc13)-c1cc3c(c(=O)n1C2)COC(=O)[C@@]3(O)CC. The second kappa shape index (κ2) is 25.4. The summed E-state index contributed by atoms with van der Waals surface area (Å²) in [6.45, 7) is 8.41. The lowest BCUT2D eigenvalue weighted by atomic mass is 9.86. The van der Waals surface area contributed by atoms with Crippen LogP contribution in [0.1, 0.15) is 118 Å². The zero-order valence-electron chi connectivity index (χ0n) is 46.4. The largest absolute Gasteiger partial charge is 0.494 e. The maximum atomic E-state index is 13.8. The molecule has 15 heteroatoms. The number of esters is 2. The topological polar surface area (TPSA) is 175 Å². The summed E-state index contributed by atoms with van der Waals surface area (Å²) < 4.78 is 19.4. The van der Waals surface area contributed by atoms with Gasteiger partial charge in [0.05, 0.1) is 64.0 Å². The van der Waals surface area contributed by atoms with Gasteiger partial charge in [0.1, 0.15) is 18.1 Å². The lowest BCUT2D eigenvalue weighted by molar-refractivity contribution is -0.172. The van der Waals surface area contributed by atoms with Crippen molar-refractivity contribution < 1.29 is 28.9 Å². The molecule has 0 fully saturated rings. The Morgan fingerprint density at radius 2 is 1.22 bits per heavy atom. The van der Waals surface area contributed by atoms with E-state index >= 15 is 0 Å². The number of fused-ring (bicyclic) bond motifs is 5. The van der Waals surface area contributed by atoms with Crippen LogP contribution >= 0.6 is 0 Å². The van der Waals surface area contributed by atoms with Crippen molar-refractivity contribution in [1.82, 2.24) is 39.3 Å². The third-order valence-electron chi connectivity index (χ3n) is 15.4. The summed E-state index contributed by atoms with van der Waals surface area (Å²) in [6, 6.07) is 45.5. The number of ether oxygens (including phenoxy) is 3. The number of carbonyl (C=O) groups excluding carboxylic acids is 2. The molecule has 0 spiro atoms. The van der Waals surface area contributed by atoms with Gasteiger partial charge in [-0.25, -0.2) is 14.6 Å². The Bertz CT molecular complexity index is 3560. The highest BCUT2D eigenvalue weighted by Crippen LogP contribution is 2.41. The zero-order chi connectivity index (χ0) is 56.4. The van der Waals surface area contributed by atoms with Crippen LogP contribution in [-0.4, -0.2) is 62.9 Å². The summed E-state index contributed by atoms with van der Waals surface area (Å²) in [6.07, 6.45) is 12.9. The molecule has 0 radical (unpaired) electrons. The summed E-state index contributed by atoms with van der Waals surface area (Å²) in [5.41, 5.74) is 9.93. The third kappa shape index (κ3) is 12.7. The van der Waals surface area contributed by atoms with Gasteiger partial charge in [-0.3, -0.25) is 34.5 Å².